The zero-order valence-corrected chi connectivity index (χ0v) is 16.6. The highest BCUT2D eigenvalue weighted by Gasteiger charge is 2.08. The fraction of sp³-hybridized carbons (Fsp3) is 0.217. The number of aromatic amines is 1. The predicted octanol–water partition coefficient (Wildman–Crippen LogP) is 4.24. The molecule has 0 aliphatic rings. The Balaban J connectivity index is 1.69. The lowest BCUT2D eigenvalue weighted by atomic mass is 10.1. The minimum atomic E-state index is -1.03. The number of aromatic nitrogens is 1. The number of H-pyrrole nitrogens is 1. The molecule has 150 valence electrons. The summed E-state index contributed by atoms with van der Waals surface area (Å²) in [5.74, 6) is -0.224. The molecule has 1 aromatic heterocycles. The smallest absolute Gasteiger partial charge is 0.354 e. The van der Waals surface area contributed by atoms with Gasteiger partial charge in [0.2, 0.25) is 0 Å². The van der Waals surface area contributed by atoms with Crippen LogP contribution in [-0.2, 0) is 17.8 Å². The van der Waals surface area contributed by atoms with E-state index in [1.165, 1.54) is 6.34 Å². The second-order valence-electron chi connectivity index (χ2n) is 6.94. The summed E-state index contributed by atoms with van der Waals surface area (Å²) in [6.45, 7) is 0.515. The topological polar surface area (TPSA) is 77.9 Å². The maximum absolute atomic E-state index is 11.3. The van der Waals surface area contributed by atoms with E-state index in [0.29, 0.717) is 19.4 Å². The van der Waals surface area contributed by atoms with Crippen molar-refractivity contribution in [3.05, 3.63) is 77.6 Å². The van der Waals surface area contributed by atoms with Gasteiger partial charge in [0.05, 0.1) is 6.34 Å². The van der Waals surface area contributed by atoms with E-state index < -0.39 is 5.97 Å². The lowest BCUT2D eigenvalue weighted by Crippen LogP contribution is -2.09. The third-order valence-electron chi connectivity index (χ3n) is 4.39. The number of nitrogens with zero attached hydrogens (tertiary/aromatic N) is 2. The van der Waals surface area contributed by atoms with Gasteiger partial charge in [0.25, 0.3) is 0 Å². The van der Waals surface area contributed by atoms with Crippen LogP contribution < -0.4 is 4.74 Å². The summed E-state index contributed by atoms with van der Waals surface area (Å²) in [7, 11) is 3.60. The third kappa shape index (κ3) is 5.72. The number of rotatable bonds is 9. The number of fused-ring (bicyclic) bond motifs is 1. The summed E-state index contributed by atoms with van der Waals surface area (Å²) in [5.41, 5.74) is 3.31. The minimum absolute atomic E-state index is 0.0467. The van der Waals surface area contributed by atoms with Crippen molar-refractivity contribution in [2.75, 3.05) is 14.1 Å². The van der Waals surface area contributed by atoms with Gasteiger partial charge in [0.15, 0.2) is 0 Å². The number of hydrogen-bond acceptors (Lipinski definition) is 3. The van der Waals surface area contributed by atoms with Crippen molar-refractivity contribution < 1.29 is 14.6 Å². The average Bonchev–Trinajstić information content (AvgIpc) is 3.11. The molecule has 2 N–H and O–H groups in total. The van der Waals surface area contributed by atoms with Crippen molar-refractivity contribution >= 4 is 23.2 Å². The van der Waals surface area contributed by atoms with Crippen LogP contribution in [0, 0.1) is 0 Å². The number of carboxylic acids is 1. The van der Waals surface area contributed by atoms with E-state index in [1.807, 2.05) is 54.7 Å². The Kier molecular flexibility index (Phi) is 6.68. The molecule has 0 spiro atoms. The first-order valence-electron chi connectivity index (χ1n) is 9.44. The third-order valence-corrected chi connectivity index (χ3v) is 4.39. The van der Waals surface area contributed by atoms with E-state index in [0.717, 1.165) is 27.8 Å². The van der Waals surface area contributed by atoms with Crippen molar-refractivity contribution in [3.63, 3.8) is 0 Å². The maximum atomic E-state index is 11.3. The molecule has 0 unspecified atom stereocenters. The van der Waals surface area contributed by atoms with Crippen LogP contribution in [-0.4, -0.2) is 41.4 Å². The molecule has 0 bridgehead atoms. The molecule has 0 radical (unpaired) electrons. The lowest BCUT2D eigenvalue weighted by Gasteiger charge is -2.07. The first-order valence-corrected chi connectivity index (χ1v) is 9.44. The van der Waals surface area contributed by atoms with Crippen LogP contribution in [0.3, 0.4) is 0 Å². The van der Waals surface area contributed by atoms with Crippen LogP contribution in [0.4, 0.5) is 0 Å². The molecule has 0 saturated carbocycles. The van der Waals surface area contributed by atoms with Gasteiger partial charge in [0.1, 0.15) is 18.1 Å². The number of ether oxygens (including phenoxy) is 1. The second kappa shape index (κ2) is 9.59. The average molecular weight is 391 g/mol. The number of carboxylic acid groups (broad SMARTS) is 1. The van der Waals surface area contributed by atoms with Crippen molar-refractivity contribution in [2.45, 2.75) is 19.4 Å². The molecule has 0 fully saturated rings. The molecule has 0 atom stereocenters. The van der Waals surface area contributed by atoms with Gasteiger partial charge in [-0.2, -0.15) is 0 Å². The van der Waals surface area contributed by atoms with E-state index in [9.17, 15) is 9.90 Å². The normalized spacial score (nSPS) is 11.9. The first-order chi connectivity index (χ1) is 14.0. The summed E-state index contributed by atoms with van der Waals surface area (Å²) in [6, 6.07) is 16.0. The highest BCUT2D eigenvalue weighted by atomic mass is 16.5. The molecule has 0 saturated heterocycles. The Bertz CT molecular complexity index is 1020. The molecule has 6 heteroatoms. The Labute approximate surface area is 170 Å². The van der Waals surface area contributed by atoms with Gasteiger partial charge >= 0.3 is 5.97 Å². The molecule has 6 nitrogen and oxygen atoms in total. The summed E-state index contributed by atoms with van der Waals surface area (Å²) in [4.78, 5) is 20.3. The molecule has 0 amide bonds. The minimum Gasteiger partial charge on any atom is -0.489 e. The number of aryl methyl sites for hydroxylation is 1. The van der Waals surface area contributed by atoms with Crippen LogP contribution in [0.2, 0.25) is 0 Å². The van der Waals surface area contributed by atoms with E-state index in [2.05, 4.69) is 9.98 Å². The summed E-state index contributed by atoms with van der Waals surface area (Å²) < 4.78 is 5.93. The van der Waals surface area contributed by atoms with Gasteiger partial charge in [-0.25, -0.2) is 9.79 Å². The number of hydrogen-bond donors (Lipinski definition) is 2. The van der Waals surface area contributed by atoms with Crippen molar-refractivity contribution in [1.82, 2.24) is 9.88 Å². The highest BCUT2D eigenvalue weighted by molar-refractivity contribution is 5.88. The number of allylic oxidation sites excluding steroid dienone is 1. The second-order valence-corrected chi connectivity index (χ2v) is 6.94. The SMILES string of the molecule is CN(C)C=NC(=CCCc1c[nH]c2ccc(OCc3ccccc3)cc12)C(=O)O. The zero-order valence-electron chi connectivity index (χ0n) is 16.6. The van der Waals surface area contributed by atoms with Crippen molar-refractivity contribution in [2.24, 2.45) is 4.99 Å². The van der Waals surface area contributed by atoms with E-state index in [4.69, 9.17) is 4.74 Å². The number of carbonyl (C=O) groups is 1. The number of aliphatic imine (C=N–C) groups is 1. The predicted molar refractivity (Wildman–Crippen MR) is 115 cm³/mol. The van der Waals surface area contributed by atoms with Gasteiger partial charge in [-0.1, -0.05) is 36.4 Å². The fourth-order valence-corrected chi connectivity index (χ4v) is 2.93. The molecule has 3 rings (SSSR count). The fourth-order valence-electron chi connectivity index (χ4n) is 2.93. The lowest BCUT2D eigenvalue weighted by molar-refractivity contribution is -0.132. The van der Waals surface area contributed by atoms with Gasteiger partial charge < -0.3 is 19.7 Å². The molecule has 0 aliphatic carbocycles. The Morgan fingerprint density at radius 1 is 1.21 bits per heavy atom. The number of nitrogens with one attached hydrogen (secondary N) is 1. The van der Waals surface area contributed by atoms with Crippen molar-refractivity contribution in [1.29, 1.82) is 0 Å². The van der Waals surface area contributed by atoms with Crippen LogP contribution in [0.1, 0.15) is 17.5 Å². The summed E-state index contributed by atoms with van der Waals surface area (Å²) >= 11 is 0. The van der Waals surface area contributed by atoms with Crippen LogP contribution in [0.15, 0.2) is 71.5 Å². The Morgan fingerprint density at radius 3 is 2.72 bits per heavy atom. The molecule has 3 aromatic rings. The monoisotopic (exact) mass is 391 g/mol. The maximum Gasteiger partial charge on any atom is 0.354 e. The van der Waals surface area contributed by atoms with Crippen LogP contribution >= 0.6 is 0 Å². The zero-order chi connectivity index (χ0) is 20.6. The largest absolute Gasteiger partial charge is 0.489 e. The first kappa shape index (κ1) is 20.2. The van der Waals surface area contributed by atoms with Crippen LogP contribution in [0.5, 0.6) is 5.75 Å². The summed E-state index contributed by atoms with van der Waals surface area (Å²) in [5, 5.41) is 10.4. The highest BCUT2D eigenvalue weighted by Crippen LogP contribution is 2.25. The Hall–Kier alpha value is -3.54. The molecule has 1 heterocycles. The summed E-state index contributed by atoms with van der Waals surface area (Å²) in [6.07, 6.45) is 6.38. The Morgan fingerprint density at radius 2 is 2.00 bits per heavy atom. The van der Waals surface area contributed by atoms with Gasteiger partial charge in [0, 0.05) is 31.2 Å². The van der Waals surface area contributed by atoms with Gasteiger partial charge in [-0.05, 0) is 42.2 Å². The van der Waals surface area contributed by atoms with E-state index in [1.54, 1.807) is 25.1 Å². The van der Waals surface area contributed by atoms with Gasteiger partial charge in [-0.15, -0.1) is 0 Å². The van der Waals surface area contributed by atoms with Crippen LogP contribution in [0.25, 0.3) is 10.9 Å². The quantitative estimate of drug-likeness (QED) is 0.325. The number of aliphatic carboxylic acids is 1. The molecule has 0 aliphatic heterocycles. The molecule has 2 aromatic carbocycles. The molecule has 29 heavy (non-hydrogen) atoms. The molecular formula is C23H25N3O3. The standard InChI is InChI=1S/C23H25N3O3/c1-26(2)16-25-22(23(27)28)10-6-9-18-14-24-21-12-11-19(13-20(18)21)29-15-17-7-4-3-5-8-17/h3-5,7-8,10-14,16,24H,6,9,15H2,1-2H3,(H,27,28). The van der Waals surface area contributed by atoms with Gasteiger partial charge in [-0.3, -0.25) is 0 Å². The van der Waals surface area contributed by atoms with E-state index in [-0.39, 0.29) is 5.70 Å². The number of benzene rings is 2. The van der Waals surface area contributed by atoms with E-state index >= 15 is 0 Å². The van der Waals surface area contributed by atoms with Crippen molar-refractivity contribution in [3.8, 4) is 5.75 Å². The molecular weight excluding hydrogens is 366 g/mol.